The number of methoxy groups -OCH3 is 2. The predicted octanol–water partition coefficient (Wildman–Crippen LogP) is 1.84. The zero-order valence-electron chi connectivity index (χ0n) is 17.8. The molecule has 176 valence electrons. The highest BCUT2D eigenvalue weighted by Crippen LogP contribution is 2.11. The van der Waals surface area contributed by atoms with Gasteiger partial charge >= 0.3 is 0 Å². The fourth-order valence-electron chi connectivity index (χ4n) is 2.06. The summed E-state index contributed by atoms with van der Waals surface area (Å²) in [6, 6.07) is 0.778. The number of ether oxygens (including phenoxy) is 8. The number of rotatable bonds is 24. The third-order valence-electron chi connectivity index (χ3n) is 3.57. The van der Waals surface area contributed by atoms with Gasteiger partial charge in [0.15, 0.2) is 0 Å². The summed E-state index contributed by atoms with van der Waals surface area (Å²) >= 11 is 11.9. The van der Waals surface area contributed by atoms with Crippen LogP contribution in [-0.4, -0.2) is 114 Å². The third-order valence-corrected chi connectivity index (χ3v) is 5.65. The molecule has 0 fully saturated rings. The van der Waals surface area contributed by atoms with E-state index in [4.69, 9.17) is 60.1 Å². The molecule has 29 heavy (non-hydrogen) atoms. The minimum Gasteiger partial charge on any atom is -0.382 e. The van der Waals surface area contributed by atoms with Crippen LogP contribution >= 0.6 is 22.2 Å². The Bertz CT molecular complexity index is 320. The molecule has 0 saturated carbocycles. The first-order valence-corrected chi connectivity index (χ1v) is 14.3. The Morgan fingerprint density at radius 2 is 1.00 bits per heavy atom. The van der Waals surface area contributed by atoms with Crippen LogP contribution in [0.4, 0.5) is 0 Å². The van der Waals surface area contributed by atoms with Crippen LogP contribution in [0.15, 0.2) is 0 Å². The lowest BCUT2D eigenvalue weighted by molar-refractivity contribution is -0.0558. The van der Waals surface area contributed by atoms with Crippen LogP contribution in [0, 0.1) is 0 Å². The van der Waals surface area contributed by atoms with Crippen LogP contribution < -0.4 is 0 Å². The maximum absolute atomic E-state index is 5.96. The van der Waals surface area contributed by atoms with Crippen molar-refractivity contribution in [2.24, 2.45) is 0 Å². The number of hydrogen-bond donors (Lipinski definition) is 0. The van der Waals surface area contributed by atoms with E-state index in [0.29, 0.717) is 85.9 Å². The normalized spacial score (nSPS) is 12.7. The van der Waals surface area contributed by atoms with E-state index in [-0.39, 0.29) is 6.10 Å². The van der Waals surface area contributed by atoms with E-state index in [1.54, 1.807) is 14.2 Å². The molecule has 11 heteroatoms. The molecule has 0 aromatic heterocycles. The highest BCUT2D eigenvalue weighted by Gasteiger charge is 2.13. The van der Waals surface area contributed by atoms with Crippen LogP contribution in [-0.2, 0) is 37.9 Å². The van der Waals surface area contributed by atoms with Gasteiger partial charge in [0.25, 0.3) is 0 Å². The van der Waals surface area contributed by atoms with E-state index >= 15 is 0 Å². The first-order chi connectivity index (χ1) is 14.2. The molecule has 8 nitrogen and oxygen atoms in total. The predicted molar refractivity (Wildman–Crippen MR) is 116 cm³/mol. The summed E-state index contributed by atoms with van der Waals surface area (Å²) in [6.45, 7) is 6.93. The molecular weight excluding hydrogens is 443 g/mol. The van der Waals surface area contributed by atoms with Gasteiger partial charge < -0.3 is 37.9 Å². The molecule has 0 spiro atoms. The minimum atomic E-state index is -1.66. The van der Waals surface area contributed by atoms with E-state index in [2.05, 4.69) is 0 Å². The Labute approximate surface area is 186 Å². The van der Waals surface area contributed by atoms with Gasteiger partial charge in [-0.1, -0.05) is 0 Å². The van der Waals surface area contributed by atoms with E-state index < -0.39 is 7.42 Å². The van der Waals surface area contributed by atoms with Gasteiger partial charge in [0.2, 0.25) is 7.42 Å². The van der Waals surface area contributed by atoms with Crippen LogP contribution in [0.2, 0.25) is 6.04 Å². The summed E-state index contributed by atoms with van der Waals surface area (Å²) in [5.74, 6) is 0. The lowest BCUT2D eigenvalue weighted by Crippen LogP contribution is -2.24. The molecular formula is C18H38Cl2O8Si. The molecule has 0 bridgehead atoms. The van der Waals surface area contributed by atoms with Crippen molar-refractivity contribution in [3.05, 3.63) is 0 Å². The Morgan fingerprint density at radius 3 is 1.45 bits per heavy atom. The smallest absolute Gasteiger partial charge is 0.237 e. The van der Waals surface area contributed by atoms with E-state index in [0.717, 1.165) is 12.5 Å². The van der Waals surface area contributed by atoms with Crippen molar-refractivity contribution in [2.45, 2.75) is 18.6 Å². The highest BCUT2D eigenvalue weighted by atomic mass is 35.7. The monoisotopic (exact) mass is 480 g/mol. The highest BCUT2D eigenvalue weighted by molar-refractivity contribution is 7.33. The van der Waals surface area contributed by atoms with Crippen molar-refractivity contribution in [1.29, 1.82) is 0 Å². The average Bonchev–Trinajstić information content (AvgIpc) is 2.71. The van der Waals surface area contributed by atoms with Crippen molar-refractivity contribution < 1.29 is 37.9 Å². The largest absolute Gasteiger partial charge is 0.382 e. The summed E-state index contributed by atoms with van der Waals surface area (Å²) in [5.41, 5.74) is 0. The summed E-state index contributed by atoms with van der Waals surface area (Å²) in [4.78, 5) is 0. The van der Waals surface area contributed by atoms with Crippen molar-refractivity contribution in [3.63, 3.8) is 0 Å². The average molecular weight is 481 g/mol. The van der Waals surface area contributed by atoms with E-state index in [1.807, 2.05) is 0 Å². The van der Waals surface area contributed by atoms with Gasteiger partial charge in [-0.25, -0.2) is 0 Å². The quantitative estimate of drug-likeness (QED) is 0.118. The SMILES string of the molecule is COCCOCCOCCOCC(CC[SiH](Cl)Cl)OCCOCCOCCOC. The van der Waals surface area contributed by atoms with Gasteiger partial charge in [-0.3, -0.25) is 0 Å². The van der Waals surface area contributed by atoms with Crippen molar-refractivity contribution >= 4 is 29.6 Å². The molecule has 1 unspecified atom stereocenters. The molecule has 1 atom stereocenters. The molecule has 0 N–H and O–H groups in total. The molecule has 0 amide bonds. The van der Waals surface area contributed by atoms with Crippen LogP contribution in [0.1, 0.15) is 6.42 Å². The topological polar surface area (TPSA) is 73.8 Å². The molecule has 0 aliphatic rings. The van der Waals surface area contributed by atoms with Crippen LogP contribution in [0.5, 0.6) is 0 Å². The van der Waals surface area contributed by atoms with Crippen molar-refractivity contribution in [2.75, 3.05) is 100 Å². The van der Waals surface area contributed by atoms with Crippen LogP contribution in [0.3, 0.4) is 0 Å². The summed E-state index contributed by atoms with van der Waals surface area (Å²) in [6.07, 6.45) is 0.722. The molecule has 0 rings (SSSR count). The second-order valence-electron chi connectivity index (χ2n) is 5.97. The lowest BCUT2D eigenvalue weighted by Gasteiger charge is -2.18. The van der Waals surface area contributed by atoms with Gasteiger partial charge in [0, 0.05) is 14.2 Å². The zero-order valence-corrected chi connectivity index (χ0v) is 20.4. The zero-order chi connectivity index (χ0) is 21.4. The molecule has 0 aromatic carbocycles. The fraction of sp³-hybridized carbons (Fsp3) is 1.00. The standard InChI is InChI=1S/C18H38Cl2O8Si/c1-21-4-6-23-8-10-25-12-13-27-17-18(3-16-29(19)20)28-15-14-26-11-9-24-7-5-22-2/h18,29H,3-17H2,1-2H3. The fourth-order valence-corrected chi connectivity index (χ4v) is 3.44. The number of hydrogen-bond acceptors (Lipinski definition) is 8. The van der Waals surface area contributed by atoms with Crippen molar-refractivity contribution in [3.8, 4) is 0 Å². The molecule has 0 radical (unpaired) electrons. The molecule has 0 aromatic rings. The summed E-state index contributed by atoms with van der Waals surface area (Å²) in [5, 5.41) is 0. The van der Waals surface area contributed by atoms with Crippen LogP contribution in [0.25, 0.3) is 0 Å². The Morgan fingerprint density at radius 1 is 0.586 bits per heavy atom. The van der Waals surface area contributed by atoms with E-state index in [9.17, 15) is 0 Å². The summed E-state index contributed by atoms with van der Waals surface area (Å²) in [7, 11) is 1.63. The maximum Gasteiger partial charge on any atom is 0.237 e. The second kappa shape index (κ2) is 24.7. The van der Waals surface area contributed by atoms with Gasteiger partial charge in [-0.15, -0.1) is 0 Å². The number of halogens is 2. The first kappa shape index (κ1) is 29.5. The maximum atomic E-state index is 5.96. The van der Waals surface area contributed by atoms with E-state index in [1.165, 1.54) is 0 Å². The lowest BCUT2D eigenvalue weighted by atomic mass is 10.3. The van der Waals surface area contributed by atoms with Gasteiger partial charge in [-0.2, -0.15) is 22.2 Å². The second-order valence-corrected chi connectivity index (χ2v) is 11.2. The van der Waals surface area contributed by atoms with Gasteiger partial charge in [-0.05, 0) is 12.5 Å². The molecule has 0 aliphatic heterocycles. The van der Waals surface area contributed by atoms with Gasteiger partial charge in [0.1, 0.15) is 0 Å². The van der Waals surface area contributed by atoms with Crippen molar-refractivity contribution in [1.82, 2.24) is 0 Å². The third kappa shape index (κ3) is 24.6. The Balaban J connectivity index is 3.64. The first-order valence-electron chi connectivity index (χ1n) is 9.97. The van der Waals surface area contributed by atoms with Gasteiger partial charge in [0.05, 0.1) is 92.0 Å². The molecule has 0 aliphatic carbocycles. The minimum absolute atomic E-state index is 0.0542. The molecule has 0 saturated heterocycles. The Hall–Kier alpha value is 0.477. The Kier molecular flexibility index (Phi) is 25.2. The summed E-state index contributed by atoms with van der Waals surface area (Å²) < 4.78 is 42.9. The molecule has 0 heterocycles.